The van der Waals surface area contributed by atoms with E-state index < -0.39 is 23.3 Å². The van der Waals surface area contributed by atoms with Gasteiger partial charge in [0.25, 0.3) is 5.91 Å². The van der Waals surface area contributed by atoms with Crippen LogP contribution in [-0.4, -0.2) is 35.0 Å². The summed E-state index contributed by atoms with van der Waals surface area (Å²) in [6.07, 6.45) is -1.46. The van der Waals surface area contributed by atoms with Crippen molar-refractivity contribution in [3.63, 3.8) is 0 Å². The topological polar surface area (TPSA) is 106 Å². The van der Waals surface area contributed by atoms with Gasteiger partial charge in [-0.2, -0.15) is 13.2 Å². The predicted molar refractivity (Wildman–Crippen MR) is 135 cm³/mol. The van der Waals surface area contributed by atoms with Crippen molar-refractivity contribution >= 4 is 23.2 Å². The molecular formula is C26H23F3N6O2. The number of aryl methyl sites for hydroxylation is 1. The maximum atomic E-state index is 13.2. The molecule has 11 heteroatoms. The number of benzene rings is 2. The summed E-state index contributed by atoms with van der Waals surface area (Å²) in [5.74, 6) is 0.570. The lowest BCUT2D eigenvalue weighted by atomic mass is 10.1. The van der Waals surface area contributed by atoms with Crippen LogP contribution in [0, 0.1) is 6.92 Å². The number of nitrogens with two attached hydrogens (primary N) is 1. The lowest BCUT2D eigenvalue weighted by Gasteiger charge is -2.21. The molecular weight excluding hydrogens is 485 g/mol. The molecule has 0 atom stereocenters. The molecule has 8 nitrogen and oxygen atoms in total. The van der Waals surface area contributed by atoms with Crippen molar-refractivity contribution in [2.45, 2.75) is 13.1 Å². The van der Waals surface area contributed by atoms with Gasteiger partial charge in [0.15, 0.2) is 0 Å². The lowest BCUT2D eigenvalue weighted by Crippen LogP contribution is -2.28. The summed E-state index contributed by atoms with van der Waals surface area (Å²) in [6.45, 7) is 1.78. The molecule has 2 heterocycles. The van der Waals surface area contributed by atoms with Gasteiger partial charge in [-0.15, -0.1) is 0 Å². The number of hydrogen-bond acceptors (Lipinski definition) is 7. The van der Waals surface area contributed by atoms with Crippen LogP contribution >= 0.6 is 0 Å². The Hall–Kier alpha value is -4.67. The summed E-state index contributed by atoms with van der Waals surface area (Å²) < 4.78 is 45.8. The van der Waals surface area contributed by atoms with Crippen molar-refractivity contribution in [2.75, 3.05) is 30.0 Å². The Kier molecular flexibility index (Phi) is 6.96. The number of carbonyl (C=O) groups is 1. The largest absolute Gasteiger partial charge is 0.438 e. The first kappa shape index (κ1) is 25.4. The molecule has 0 aliphatic heterocycles. The Bertz CT molecular complexity index is 1460. The summed E-state index contributed by atoms with van der Waals surface area (Å²) in [5, 5.41) is 2.89. The number of alkyl halides is 3. The van der Waals surface area contributed by atoms with E-state index in [2.05, 4.69) is 20.3 Å². The number of para-hydroxylation sites is 1. The Morgan fingerprint density at radius 3 is 2.54 bits per heavy atom. The second-order valence-corrected chi connectivity index (χ2v) is 8.05. The zero-order chi connectivity index (χ0) is 26.7. The monoisotopic (exact) mass is 508 g/mol. The van der Waals surface area contributed by atoms with Crippen LogP contribution in [0.25, 0.3) is 11.3 Å². The Morgan fingerprint density at radius 2 is 1.84 bits per heavy atom. The highest BCUT2D eigenvalue weighted by molar-refractivity contribution is 6.09. The molecule has 37 heavy (non-hydrogen) atoms. The standard InChI is InChI=1S/C26H23F3N6O2/c1-15-14-16(35(3)24(36)18-6-4-8-19(22(18)30)26(27,28)29)9-10-21(15)37-23-17(7-5-12-32-23)20-11-13-33-25(31-2)34-20/h4-14H,30H2,1-3H3,(H,31,33,34). The van der Waals surface area contributed by atoms with E-state index in [1.54, 1.807) is 56.7 Å². The van der Waals surface area contributed by atoms with Gasteiger partial charge < -0.3 is 20.7 Å². The third-order valence-electron chi connectivity index (χ3n) is 5.63. The van der Waals surface area contributed by atoms with Gasteiger partial charge in [0.1, 0.15) is 5.75 Å². The Morgan fingerprint density at radius 1 is 1.05 bits per heavy atom. The fourth-order valence-corrected chi connectivity index (χ4v) is 3.65. The molecule has 4 rings (SSSR count). The Balaban J connectivity index is 1.60. The number of halogens is 3. The molecule has 0 saturated heterocycles. The zero-order valence-corrected chi connectivity index (χ0v) is 20.2. The number of nitrogens with zero attached hydrogens (tertiary/aromatic N) is 4. The second kappa shape index (κ2) is 10.1. The normalized spacial score (nSPS) is 11.2. The number of nitrogen functional groups attached to an aromatic ring is 1. The molecule has 0 saturated carbocycles. The smallest absolute Gasteiger partial charge is 0.418 e. The third-order valence-corrected chi connectivity index (χ3v) is 5.63. The van der Waals surface area contributed by atoms with Crippen LogP contribution in [-0.2, 0) is 6.18 Å². The van der Waals surface area contributed by atoms with Gasteiger partial charge in [-0.25, -0.2) is 15.0 Å². The molecule has 1 amide bonds. The van der Waals surface area contributed by atoms with Crippen molar-refractivity contribution < 1.29 is 22.7 Å². The van der Waals surface area contributed by atoms with Gasteiger partial charge in [-0.3, -0.25) is 4.79 Å². The van der Waals surface area contributed by atoms with Crippen LogP contribution in [0.2, 0.25) is 0 Å². The highest BCUT2D eigenvalue weighted by Crippen LogP contribution is 2.36. The molecule has 0 radical (unpaired) electrons. The van der Waals surface area contributed by atoms with Gasteiger partial charge in [0.05, 0.1) is 28.1 Å². The van der Waals surface area contributed by atoms with Crippen molar-refractivity contribution in [2.24, 2.45) is 0 Å². The molecule has 0 unspecified atom stereocenters. The molecule has 0 spiro atoms. The molecule has 0 fully saturated rings. The number of ether oxygens (including phenoxy) is 1. The minimum Gasteiger partial charge on any atom is -0.438 e. The second-order valence-electron chi connectivity index (χ2n) is 8.05. The van der Waals surface area contributed by atoms with E-state index in [1.165, 1.54) is 18.0 Å². The first-order valence-corrected chi connectivity index (χ1v) is 11.1. The van der Waals surface area contributed by atoms with Gasteiger partial charge in [-0.05, 0) is 61.0 Å². The third kappa shape index (κ3) is 5.30. The first-order chi connectivity index (χ1) is 17.6. The van der Waals surface area contributed by atoms with E-state index >= 15 is 0 Å². The van der Waals surface area contributed by atoms with Crippen LogP contribution in [0.4, 0.5) is 30.5 Å². The lowest BCUT2D eigenvalue weighted by molar-refractivity contribution is -0.136. The van der Waals surface area contributed by atoms with Crippen molar-refractivity contribution in [3.05, 3.63) is 83.7 Å². The van der Waals surface area contributed by atoms with Crippen LogP contribution in [0.3, 0.4) is 0 Å². The number of anilines is 3. The van der Waals surface area contributed by atoms with Crippen molar-refractivity contribution in [1.82, 2.24) is 15.0 Å². The van der Waals surface area contributed by atoms with Gasteiger partial charge in [0.2, 0.25) is 11.8 Å². The summed E-state index contributed by atoms with van der Waals surface area (Å²) in [5.41, 5.74) is 6.18. The summed E-state index contributed by atoms with van der Waals surface area (Å²) >= 11 is 0. The molecule has 0 bridgehead atoms. The number of pyridine rings is 1. The fourth-order valence-electron chi connectivity index (χ4n) is 3.65. The highest BCUT2D eigenvalue weighted by atomic mass is 19.4. The molecule has 190 valence electrons. The van der Waals surface area contributed by atoms with Crippen LogP contribution in [0.5, 0.6) is 11.6 Å². The van der Waals surface area contributed by atoms with Crippen LogP contribution < -0.4 is 20.7 Å². The van der Waals surface area contributed by atoms with E-state index in [4.69, 9.17) is 10.5 Å². The number of amides is 1. The van der Waals surface area contributed by atoms with Crippen LogP contribution in [0.15, 0.2) is 67.0 Å². The van der Waals surface area contributed by atoms with E-state index in [1.807, 2.05) is 6.07 Å². The molecule has 2 aromatic heterocycles. The van der Waals surface area contributed by atoms with E-state index in [0.717, 1.165) is 12.1 Å². The number of carbonyl (C=O) groups excluding carboxylic acids is 1. The van der Waals surface area contributed by atoms with Crippen molar-refractivity contribution in [3.8, 4) is 22.9 Å². The molecule has 0 aliphatic rings. The number of hydrogen-bond donors (Lipinski definition) is 2. The summed E-state index contributed by atoms with van der Waals surface area (Å²) in [6, 6.07) is 13.5. The zero-order valence-electron chi connectivity index (χ0n) is 20.2. The Labute approximate surface area is 211 Å². The van der Waals surface area contributed by atoms with E-state index in [0.29, 0.717) is 40.1 Å². The number of nitrogens with one attached hydrogen (secondary N) is 1. The highest BCUT2D eigenvalue weighted by Gasteiger charge is 2.34. The van der Waals surface area contributed by atoms with E-state index in [-0.39, 0.29) is 5.56 Å². The molecule has 0 aliphatic carbocycles. The average molecular weight is 509 g/mol. The van der Waals surface area contributed by atoms with Crippen molar-refractivity contribution in [1.29, 1.82) is 0 Å². The summed E-state index contributed by atoms with van der Waals surface area (Å²) in [7, 11) is 3.18. The minimum absolute atomic E-state index is 0.237. The maximum absolute atomic E-state index is 13.2. The maximum Gasteiger partial charge on any atom is 0.418 e. The summed E-state index contributed by atoms with van der Waals surface area (Å²) in [4.78, 5) is 27.1. The molecule has 4 aromatic rings. The predicted octanol–water partition coefficient (Wildman–Crippen LogP) is 5.56. The minimum atomic E-state index is -4.67. The average Bonchev–Trinajstić information content (AvgIpc) is 2.88. The molecule has 3 N–H and O–H groups in total. The van der Waals surface area contributed by atoms with E-state index in [9.17, 15) is 18.0 Å². The van der Waals surface area contributed by atoms with Crippen LogP contribution in [0.1, 0.15) is 21.5 Å². The van der Waals surface area contributed by atoms with Gasteiger partial charge >= 0.3 is 6.18 Å². The molecule has 2 aromatic carbocycles. The van der Waals surface area contributed by atoms with Gasteiger partial charge in [0, 0.05) is 32.2 Å². The first-order valence-electron chi connectivity index (χ1n) is 11.1. The quantitative estimate of drug-likeness (QED) is 0.329. The number of aromatic nitrogens is 3. The van der Waals surface area contributed by atoms with Gasteiger partial charge in [-0.1, -0.05) is 6.07 Å². The SMILES string of the molecule is CNc1nccc(-c2cccnc2Oc2ccc(N(C)C(=O)c3cccc(C(F)(F)F)c3N)cc2C)n1. The number of rotatable bonds is 6. The fraction of sp³-hybridized carbons (Fsp3) is 0.154.